The Morgan fingerprint density at radius 1 is 0.814 bits per heavy atom. The van der Waals surface area contributed by atoms with E-state index in [2.05, 4.69) is 15.4 Å². The lowest BCUT2D eigenvalue weighted by Crippen LogP contribution is -2.58. The van der Waals surface area contributed by atoms with Crippen molar-refractivity contribution in [1.29, 1.82) is 0 Å². The van der Waals surface area contributed by atoms with Gasteiger partial charge in [0.1, 0.15) is 0 Å². The van der Waals surface area contributed by atoms with Gasteiger partial charge in [-0.15, -0.1) is 5.10 Å². The molecule has 1 aromatic heterocycles. The highest BCUT2D eigenvalue weighted by Crippen LogP contribution is 2.42. The second-order valence-corrected chi connectivity index (χ2v) is 10.7. The Labute approximate surface area is 238 Å². The number of aromatic nitrogens is 4. The van der Waals surface area contributed by atoms with Crippen LogP contribution in [0, 0.1) is 5.92 Å². The van der Waals surface area contributed by atoms with Gasteiger partial charge in [0.2, 0.25) is 0 Å². The SMILES string of the molecule is CC(C)[C@H](c1ccc(C(F)(F)F)cc1CN(Cc1cc(C(F)(F)F)cc(C(F)(F)F)c1)c1nnn(C)n1)N1CC(F)(F)C1. The second kappa shape index (κ2) is 11.2. The summed E-state index contributed by atoms with van der Waals surface area (Å²) >= 11 is 0. The number of benzene rings is 2. The Hall–Kier alpha value is -3.50. The maximum absolute atomic E-state index is 13.8. The summed E-state index contributed by atoms with van der Waals surface area (Å²) in [7, 11) is 1.33. The molecule has 6 nitrogen and oxygen atoms in total. The van der Waals surface area contributed by atoms with Gasteiger partial charge in [-0.2, -0.15) is 44.3 Å². The predicted molar refractivity (Wildman–Crippen MR) is 131 cm³/mol. The smallest absolute Gasteiger partial charge is 0.330 e. The Morgan fingerprint density at radius 3 is 1.81 bits per heavy atom. The summed E-state index contributed by atoms with van der Waals surface area (Å²) in [5, 5.41) is 11.3. The molecule has 0 saturated carbocycles. The van der Waals surface area contributed by atoms with Gasteiger partial charge < -0.3 is 4.90 Å². The summed E-state index contributed by atoms with van der Waals surface area (Å²) in [6.45, 7) is 0.864. The van der Waals surface area contributed by atoms with E-state index in [1.165, 1.54) is 11.9 Å². The first-order valence-electron chi connectivity index (χ1n) is 12.7. The lowest BCUT2D eigenvalue weighted by molar-refractivity contribution is -0.152. The molecule has 1 aliphatic heterocycles. The Kier molecular flexibility index (Phi) is 8.45. The molecule has 3 aromatic rings. The Balaban J connectivity index is 1.83. The molecular formula is C26H25F11N6. The van der Waals surface area contributed by atoms with Gasteiger partial charge >= 0.3 is 18.5 Å². The van der Waals surface area contributed by atoms with E-state index < -0.39 is 78.9 Å². The molecule has 0 radical (unpaired) electrons. The highest BCUT2D eigenvalue weighted by molar-refractivity contribution is 5.42. The second-order valence-electron chi connectivity index (χ2n) is 10.7. The van der Waals surface area contributed by atoms with Gasteiger partial charge in [0.15, 0.2) is 0 Å². The largest absolute Gasteiger partial charge is 0.416 e. The fourth-order valence-corrected chi connectivity index (χ4v) is 5.06. The molecule has 0 N–H and O–H groups in total. The number of hydrogen-bond acceptors (Lipinski definition) is 5. The van der Waals surface area contributed by atoms with Gasteiger partial charge in [0, 0.05) is 19.1 Å². The molecule has 0 aliphatic carbocycles. The van der Waals surface area contributed by atoms with Crippen molar-refractivity contribution >= 4 is 5.95 Å². The Bertz CT molecular complexity index is 1400. The van der Waals surface area contributed by atoms with Crippen molar-refractivity contribution < 1.29 is 48.3 Å². The summed E-state index contributed by atoms with van der Waals surface area (Å²) in [5.41, 5.74) is -4.56. The van der Waals surface area contributed by atoms with Crippen molar-refractivity contribution in [2.24, 2.45) is 13.0 Å². The normalized spacial score (nSPS) is 16.8. The maximum atomic E-state index is 13.8. The van der Waals surface area contributed by atoms with Crippen molar-refractivity contribution in [3.63, 3.8) is 0 Å². The standard InChI is InChI=1S/C26H25F11N6/c1-14(2)21(43-12-23(27,28)13-43)20-5-4-17(24(29,30)31)8-16(20)11-42(22-38-40-41(3)39-22)10-15-6-18(25(32,33)34)9-19(7-15)26(35,36)37/h4-9,14,21H,10-13H2,1-3H3/t21-/m1/s1. The van der Waals surface area contributed by atoms with E-state index in [1.807, 2.05) is 0 Å². The lowest BCUT2D eigenvalue weighted by Gasteiger charge is -2.46. The number of likely N-dealkylation sites (tertiary alicyclic amines) is 1. The fourth-order valence-electron chi connectivity index (χ4n) is 5.06. The molecule has 2 heterocycles. The van der Waals surface area contributed by atoms with E-state index in [0.717, 1.165) is 27.9 Å². The lowest BCUT2D eigenvalue weighted by atomic mass is 9.87. The number of tetrazole rings is 1. The van der Waals surface area contributed by atoms with Crippen LogP contribution >= 0.6 is 0 Å². The van der Waals surface area contributed by atoms with Crippen LogP contribution in [0.15, 0.2) is 36.4 Å². The average molecular weight is 631 g/mol. The van der Waals surface area contributed by atoms with Gasteiger partial charge in [-0.1, -0.05) is 25.0 Å². The van der Waals surface area contributed by atoms with Crippen molar-refractivity contribution in [2.75, 3.05) is 18.0 Å². The molecule has 0 spiro atoms. The van der Waals surface area contributed by atoms with Gasteiger partial charge in [-0.25, -0.2) is 8.78 Å². The van der Waals surface area contributed by atoms with Crippen molar-refractivity contribution in [3.05, 3.63) is 69.8 Å². The summed E-state index contributed by atoms with van der Waals surface area (Å²) < 4.78 is 150. The minimum atomic E-state index is -5.14. The van der Waals surface area contributed by atoms with Crippen molar-refractivity contribution in [3.8, 4) is 0 Å². The summed E-state index contributed by atoms with van der Waals surface area (Å²) in [6.07, 6.45) is -15.1. The van der Waals surface area contributed by atoms with E-state index in [4.69, 9.17) is 0 Å². The zero-order valence-electron chi connectivity index (χ0n) is 22.8. The number of hydrogen-bond donors (Lipinski definition) is 0. The molecule has 0 amide bonds. The van der Waals surface area contributed by atoms with Crippen molar-refractivity contribution in [1.82, 2.24) is 25.1 Å². The number of aryl methyl sites for hydroxylation is 1. The van der Waals surface area contributed by atoms with Crippen LogP contribution in [0.2, 0.25) is 0 Å². The molecule has 4 rings (SSSR count). The molecule has 1 saturated heterocycles. The van der Waals surface area contributed by atoms with E-state index >= 15 is 0 Å². The Morgan fingerprint density at radius 2 is 1.37 bits per heavy atom. The number of anilines is 1. The minimum Gasteiger partial charge on any atom is -0.330 e. The maximum Gasteiger partial charge on any atom is 0.416 e. The number of rotatable bonds is 8. The minimum absolute atomic E-state index is 0.0462. The van der Waals surface area contributed by atoms with Crippen molar-refractivity contribution in [2.45, 2.75) is 57.4 Å². The first kappa shape index (κ1) is 32.4. The van der Waals surface area contributed by atoms with Crippen LogP contribution in [-0.2, 0) is 38.7 Å². The number of halogens is 11. The van der Waals surface area contributed by atoms with Crippen LogP contribution in [0.4, 0.5) is 54.2 Å². The summed E-state index contributed by atoms with van der Waals surface area (Å²) in [6, 6.07) is 2.87. The topological polar surface area (TPSA) is 50.1 Å². The summed E-state index contributed by atoms with van der Waals surface area (Å²) in [5.74, 6) is -3.66. The van der Waals surface area contributed by atoms with Gasteiger partial charge in [-0.3, -0.25) is 4.90 Å². The third kappa shape index (κ3) is 7.54. The van der Waals surface area contributed by atoms with Crippen LogP contribution in [0.3, 0.4) is 0 Å². The number of alkyl halides is 11. The molecular weight excluding hydrogens is 605 g/mol. The molecule has 0 bridgehead atoms. The summed E-state index contributed by atoms with van der Waals surface area (Å²) in [4.78, 5) is 3.41. The van der Waals surface area contributed by atoms with E-state index in [0.29, 0.717) is 12.1 Å². The third-order valence-corrected chi connectivity index (χ3v) is 6.85. The molecule has 1 aliphatic rings. The first-order chi connectivity index (χ1) is 19.6. The van der Waals surface area contributed by atoms with Gasteiger partial charge in [-0.05, 0) is 58.2 Å². The first-order valence-corrected chi connectivity index (χ1v) is 12.7. The van der Waals surface area contributed by atoms with E-state index in [1.54, 1.807) is 13.8 Å². The van der Waals surface area contributed by atoms with Gasteiger partial charge in [0.25, 0.3) is 11.9 Å². The monoisotopic (exact) mass is 630 g/mol. The predicted octanol–water partition coefficient (Wildman–Crippen LogP) is 7.12. The molecule has 0 unspecified atom stereocenters. The highest BCUT2D eigenvalue weighted by atomic mass is 19.4. The number of nitrogens with zero attached hydrogens (tertiary/aromatic N) is 6. The van der Waals surface area contributed by atoms with Crippen LogP contribution in [0.25, 0.3) is 0 Å². The molecule has 1 fully saturated rings. The van der Waals surface area contributed by atoms with Crippen LogP contribution in [0.1, 0.15) is 53.3 Å². The molecule has 2 aromatic carbocycles. The van der Waals surface area contributed by atoms with Crippen LogP contribution in [0.5, 0.6) is 0 Å². The van der Waals surface area contributed by atoms with Gasteiger partial charge in [0.05, 0.1) is 36.8 Å². The van der Waals surface area contributed by atoms with E-state index in [-0.39, 0.29) is 29.1 Å². The highest BCUT2D eigenvalue weighted by Gasteiger charge is 2.48. The average Bonchev–Trinajstić information content (AvgIpc) is 3.27. The zero-order valence-corrected chi connectivity index (χ0v) is 22.8. The molecule has 1 atom stereocenters. The third-order valence-electron chi connectivity index (χ3n) is 6.85. The fraction of sp³-hybridized carbons (Fsp3) is 0.500. The zero-order chi connectivity index (χ0) is 32.1. The molecule has 236 valence electrons. The molecule has 43 heavy (non-hydrogen) atoms. The molecule has 17 heteroatoms. The van der Waals surface area contributed by atoms with Crippen LogP contribution < -0.4 is 4.90 Å². The quantitative estimate of drug-likeness (QED) is 0.248. The van der Waals surface area contributed by atoms with E-state index in [9.17, 15) is 48.3 Å². The van der Waals surface area contributed by atoms with Crippen LogP contribution in [-0.4, -0.2) is 44.1 Å².